The molecule has 1 atom stereocenters. The highest BCUT2D eigenvalue weighted by Gasteiger charge is 2.20. The van der Waals surface area contributed by atoms with Gasteiger partial charge in [0, 0.05) is 36.1 Å². The monoisotopic (exact) mass is 329 g/mol. The predicted octanol–water partition coefficient (Wildman–Crippen LogP) is 1.46. The number of hydrogen-bond acceptors (Lipinski definition) is 4. The summed E-state index contributed by atoms with van der Waals surface area (Å²) in [6, 6.07) is 6.37. The molecule has 7 nitrogen and oxygen atoms in total. The first-order valence-electron chi connectivity index (χ1n) is 7.78. The van der Waals surface area contributed by atoms with Crippen molar-refractivity contribution < 1.29 is 9.59 Å². The molecule has 0 aliphatic heterocycles. The van der Waals surface area contributed by atoms with Crippen LogP contribution in [-0.4, -0.2) is 34.7 Å². The predicted molar refractivity (Wildman–Crippen MR) is 92.7 cm³/mol. The Kier molecular flexibility index (Phi) is 5.70. The summed E-state index contributed by atoms with van der Waals surface area (Å²) in [6.07, 6.45) is 3.44. The summed E-state index contributed by atoms with van der Waals surface area (Å²) in [6.45, 7) is 3.81. The zero-order chi connectivity index (χ0) is 17.7. The van der Waals surface area contributed by atoms with E-state index >= 15 is 0 Å². The van der Waals surface area contributed by atoms with Crippen LogP contribution in [0.1, 0.15) is 35.8 Å². The number of aryl methyl sites for hydroxylation is 1. The van der Waals surface area contributed by atoms with Crippen LogP contribution in [0.25, 0.3) is 0 Å². The second-order valence-corrected chi connectivity index (χ2v) is 5.86. The lowest BCUT2D eigenvalue weighted by atomic mass is 10.1. The van der Waals surface area contributed by atoms with E-state index in [2.05, 4.69) is 21.0 Å². The van der Waals surface area contributed by atoms with E-state index in [0.29, 0.717) is 11.3 Å². The number of hydrogen-bond donors (Lipinski definition) is 3. The van der Waals surface area contributed by atoms with E-state index in [1.54, 1.807) is 55.4 Å². The minimum Gasteiger partial charge on any atom is -0.350 e. The highest BCUT2D eigenvalue weighted by molar-refractivity contribution is 5.97. The molecular weight excluding hydrogens is 306 g/mol. The number of nitrogens with one attached hydrogen (secondary N) is 3. The van der Waals surface area contributed by atoms with Crippen molar-refractivity contribution >= 4 is 17.5 Å². The van der Waals surface area contributed by atoms with Crippen molar-refractivity contribution in [1.29, 1.82) is 0 Å². The van der Waals surface area contributed by atoms with Crippen LogP contribution >= 0.6 is 0 Å². The molecule has 2 aromatic rings. The minimum absolute atomic E-state index is 0.0766. The fourth-order valence-corrected chi connectivity index (χ4v) is 2.30. The zero-order valence-electron chi connectivity index (χ0n) is 14.3. The van der Waals surface area contributed by atoms with Crippen LogP contribution in [0.4, 0.5) is 5.69 Å². The molecule has 3 N–H and O–H groups in total. The van der Waals surface area contributed by atoms with Gasteiger partial charge in [-0.3, -0.25) is 14.3 Å². The first-order chi connectivity index (χ1) is 11.4. The minimum atomic E-state index is -0.498. The Bertz CT molecular complexity index is 706. The molecular formula is C17H23N5O2. The van der Waals surface area contributed by atoms with Crippen LogP contribution in [0.15, 0.2) is 36.7 Å². The summed E-state index contributed by atoms with van der Waals surface area (Å²) in [4.78, 5) is 24.3. The van der Waals surface area contributed by atoms with Gasteiger partial charge in [0.05, 0.1) is 6.20 Å². The Morgan fingerprint density at radius 1 is 1.17 bits per heavy atom. The van der Waals surface area contributed by atoms with Crippen LogP contribution in [0.2, 0.25) is 0 Å². The standard InChI is InChI=1S/C17H23N5O2/c1-11(2)20-16(23)12-5-7-14(8-6-12)21-17(24)15(18-3)13-9-19-22(4)10-13/h5-11,15,18H,1-4H3,(H,20,23)(H,21,24). The maximum Gasteiger partial charge on any atom is 0.251 e. The van der Waals surface area contributed by atoms with Gasteiger partial charge in [0.1, 0.15) is 6.04 Å². The Hall–Kier alpha value is -2.67. The van der Waals surface area contributed by atoms with Crippen molar-refractivity contribution in [1.82, 2.24) is 20.4 Å². The van der Waals surface area contributed by atoms with Gasteiger partial charge in [0.15, 0.2) is 0 Å². The average molecular weight is 329 g/mol. The summed E-state index contributed by atoms with van der Waals surface area (Å²) in [7, 11) is 3.52. The van der Waals surface area contributed by atoms with Gasteiger partial charge >= 0.3 is 0 Å². The number of likely N-dealkylation sites (N-methyl/N-ethyl adjacent to an activating group) is 1. The zero-order valence-corrected chi connectivity index (χ0v) is 14.3. The number of aromatic nitrogens is 2. The molecule has 0 fully saturated rings. The molecule has 2 amide bonds. The number of rotatable bonds is 6. The number of carbonyl (C=O) groups is 2. The average Bonchev–Trinajstić information content (AvgIpc) is 2.94. The Labute approximate surface area is 141 Å². The molecule has 1 aromatic heterocycles. The fourth-order valence-electron chi connectivity index (χ4n) is 2.30. The van der Waals surface area contributed by atoms with E-state index in [1.807, 2.05) is 13.8 Å². The lowest BCUT2D eigenvalue weighted by Crippen LogP contribution is -2.31. The molecule has 1 aromatic carbocycles. The summed E-state index contributed by atoms with van der Waals surface area (Å²) < 4.78 is 1.65. The normalized spacial score (nSPS) is 12.0. The van der Waals surface area contributed by atoms with Crippen molar-refractivity contribution in [3.63, 3.8) is 0 Å². The molecule has 0 aliphatic rings. The lowest BCUT2D eigenvalue weighted by Gasteiger charge is -2.15. The maximum absolute atomic E-state index is 12.4. The summed E-state index contributed by atoms with van der Waals surface area (Å²) in [5, 5.41) is 12.7. The maximum atomic E-state index is 12.4. The Morgan fingerprint density at radius 3 is 2.33 bits per heavy atom. The van der Waals surface area contributed by atoms with Gasteiger partial charge in [-0.05, 0) is 45.2 Å². The van der Waals surface area contributed by atoms with Crippen LogP contribution in [-0.2, 0) is 11.8 Å². The number of carbonyl (C=O) groups excluding carboxylic acids is 2. The third-order valence-corrected chi connectivity index (χ3v) is 3.44. The van der Waals surface area contributed by atoms with Gasteiger partial charge < -0.3 is 16.0 Å². The van der Waals surface area contributed by atoms with Gasteiger partial charge in [0.2, 0.25) is 5.91 Å². The van der Waals surface area contributed by atoms with Crippen LogP contribution in [0.5, 0.6) is 0 Å². The summed E-state index contributed by atoms with van der Waals surface area (Å²) in [5.41, 5.74) is 1.97. The molecule has 1 heterocycles. The number of nitrogens with zero attached hydrogens (tertiary/aromatic N) is 2. The summed E-state index contributed by atoms with van der Waals surface area (Å²) >= 11 is 0. The van der Waals surface area contributed by atoms with E-state index in [0.717, 1.165) is 5.56 Å². The van der Waals surface area contributed by atoms with E-state index in [1.165, 1.54) is 0 Å². The molecule has 24 heavy (non-hydrogen) atoms. The van der Waals surface area contributed by atoms with Crippen molar-refractivity contribution in [3.8, 4) is 0 Å². The molecule has 0 saturated heterocycles. The molecule has 0 spiro atoms. The van der Waals surface area contributed by atoms with Gasteiger partial charge in [-0.15, -0.1) is 0 Å². The molecule has 2 rings (SSSR count). The topological polar surface area (TPSA) is 88.1 Å². The van der Waals surface area contributed by atoms with E-state index in [-0.39, 0.29) is 17.9 Å². The molecule has 0 saturated carbocycles. The Morgan fingerprint density at radius 2 is 1.83 bits per heavy atom. The number of amides is 2. The van der Waals surface area contributed by atoms with Crippen LogP contribution in [0, 0.1) is 0 Å². The van der Waals surface area contributed by atoms with E-state index in [4.69, 9.17) is 0 Å². The van der Waals surface area contributed by atoms with Crippen molar-refractivity contribution in [3.05, 3.63) is 47.8 Å². The molecule has 0 aliphatic carbocycles. The van der Waals surface area contributed by atoms with Crippen molar-refractivity contribution in [2.75, 3.05) is 12.4 Å². The molecule has 1 unspecified atom stereocenters. The molecule has 7 heteroatoms. The molecule has 128 valence electrons. The van der Waals surface area contributed by atoms with E-state index < -0.39 is 6.04 Å². The van der Waals surface area contributed by atoms with Crippen molar-refractivity contribution in [2.45, 2.75) is 25.9 Å². The molecule has 0 radical (unpaired) electrons. The second-order valence-electron chi connectivity index (χ2n) is 5.86. The number of anilines is 1. The highest BCUT2D eigenvalue weighted by Crippen LogP contribution is 2.16. The fraction of sp³-hybridized carbons (Fsp3) is 0.353. The van der Waals surface area contributed by atoms with E-state index in [9.17, 15) is 9.59 Å². The summed E-state index contributed by atoms with van der Waals surface area (Å²) in [5.74, 6) is -0.323. The quantitative estimate of drug-likeness (QED) is 0.749. The Balaban J connectivity index is 2.04. The smallest absolute Gasteiger partial charge is 0.251 e. The largest absolute Gasteiger partial charge is 0.350 e. The van der Waals surface area contributed by atoms with Gasteiger partial charge in [-0.2, -0.15) is 5.10 Å². The highest BCUT2D eigenvalue weighted by atomic mass is 16.2. The molecule has 0 bridgehead atoms. The van der Waals surface area contributed by atoms with Gasteiger partial charge in [-0.25, -0.2) is 0 Å². The van der Waals surface area contributed by atoms with Crippen molar-refractivity contribution in [2.24, 2.45) is 7.05 Å². The van der Waals surface area contributed by atoms with Crippen LogP contribution in [0.3, 0.4) is 0 Å². The lowest BCUT2D eigenvalue weighted by molar-refractivity contribution is -0.118. The third-order valence-electron chi connectivity index (χ3n) is 3.44. The first kappa shape index (κ1) is 17.7. The van der Waals surface area contributed by atoms with Gasteiger partial charge in [-0.1, -0.05) is 0 Å². The van der Waals surface area contributed by atoms with Crippen LogP contribution < -0.4 is 16.0 Å². The number of benzene rings is 1. The second kappa shape index (κ2) is 7.74. The van der Waals surface area contributed by atoms with Gasteiger partial charge in [0.25, 0.3) is 5.91 Å². The SMILES string of the molecule is CNC(C(=O)Nc1ccc(C(=O)NC(C)C)cc1)c1cnn(C)c1. The first-order valence-corrected chi connectivity index (χ1v) is 7.78. The third kappa shape index (κ3) is 4.42.